The van der Waals surface area contributed by atoms with Gasteiger partial charge in [-0.25, -0.2) is 9.97 Å². The van der Waals surface area contributed by atoms with Gasteiger partial charge in [0.05, 0.1) is 6.54 Å². The molecule has 6 heteroatoms. The molecule has 0 aliphatic heterocycles. The summed E-state index contributed by atoms with van der Waals surface area (Å²) >= 11 is 0. The van der Waals surface area contributed by atoms with Crippen LogP contribution in [0.1, 0.15) is 19.7 Å². The van der Waals surface area contributed by atoms with Crippen LogP contribution in [-0.2, 0) is 4.79 Å². The van der Waals surface area contributed by atoms with Crippen molar-refractivity contribution < 1.29 is 4.79 Å². The van der Waals surface area contributed by atoms with E-state index in [9.17, 15) is 4.79 Å². The molecule has 94 valence electrons. The van der Waals surface area contributed by atoms with E-state index in [0.717, 1.165) is 5.82 Å². The number of aromatic nitrogens is 2. The Morgan fingerprint density at radius 3 is 2.65 bits per heavy atom. The number of rotatable bonds is 5. The summed E-state index contributed by atoms with van der Waals surface area (Å²) in [5, 5.41) is 2.96. The second kappa shape index (κ2) is 5.47. The molecule has 0 atom stereocenters. The quantitative estimate of drug-likeness (QED) is 0.780. The van der Waals surface area contributed by atoms with Crippen molar-refractivity contribution >= 4 is 17.5 Å². The summed E-state index contributed by atoms with van der Waals surface area (Å²) in [6, 6.07) is 1.94. The molecular weight excluding hydrogens is 218 g/mol. The molecule has 0 saturated carbocycles. The third-order valence-electron chi connectivity index (χ3n) is 2.32. The zero-order chi connectivity index (χ0) is 13.0. The van der Waals surface area contributed by atoms with Gasteiger partial charge in [-0.2, -0.15) is 0 Å². The SMILES string of the molecule is CNc1cc(N(CC(N)=O)C(C)C)nc(C)n1. The lowest BCUT2D eigenvalue weighted by atomic mass is 10.3. The van der Waals surface area contributed by atoms with Crippen LogP contribution in [-0.4, -0.2) is 35.5 Å². The molecule has 1 aromatic rings. The highest BCUT2D eigenvalue weighted by atomic mass is 16.1. The maximum atomic E-state index is 11.0. The molecule has 1 heterocycles. The Hall–Kier alpha value is -1.85. The third kappa shape index (κ3) is 3.58. The molecule has 3 N–H and O–H groups in total. The summed E-state index contributed by atoms with van der Waals surface area (Å²) < 4.78 is 0. The molecule has 6 nitrogen and oxygen atoms in total. The van der Waals surface area contributed by atoms with Crippen molar-refractivity contribution in [1.29, 1.82) is 0 Å². The average Bonchev–Trinajstić information content (AvgIpc) is 2.24. The summed E-state index contributed by atoms with van der Waals surface area (Å²) in [5.74, 6) is 1.71. The number of nitrogens with zero attached hydrogens (tertiary/aromatic N) is 3. The summed E-state index contributed by atoms with van der Waals surface area (Å²) in [5.41, 5.74) is 5.24. The van der Waals surface area contributed by atoms with E-state index in [1.165, 1.54) is 0 Å². The van der Waals surface area contributed by atoms with Crippen LogP contribution in [0.25, 0.3) is 0 Å². The van der Waals surface area contributed by atoms with Crippen LogP contribution in [0.4, 0.5) is 11.6 Å². The number of aryl methyl sites for hydroxylation is 1. The molecule has 1 rings (SSSR count). The maximum absolute atomic E-state index is 11.0. The van der Waals surface area contributed by atoms with E-state index in [-0.39, 0.29) is 18.5 Å². The number of carbonyl (C=O) groups is 1. The molecule has 0 radical (unpaired) electrons. The van der Waals surface area contributed by atoms with Crippen LogP contribution in [0.2, 0.25) is 0 Å². The second-order valence-corrected chi connectivity index (χ2v) is 4.10. The van der Waals surface area contributed by atoms with Crippen molar-refractivity contribution in [2.75, 3.05) is 23.8 Å². The van der Waals surface area contributed by atoms with Gasteiger partial charge in [0.1, 0.15) is 17.5 Å². The molecule has 0 aromatic carbocycles. The van der Waals surface area contributed by atoms with Crippen LogP contribution >= 0.6 is 0 Å². The minimum absolute atomic E-state index is 0.140. The molecule has 0 spiro atoms. The first-order valence-electron chi connectivity index (χ1n) is 5.52. The largest absolute Gasteiger partial charge is 0.373 e. The van der Waals surface area contributed by atoms with Gasteiger partial charge in [-0.1, -0.05) is 0 Å². The lowest BCUT2D eigenvalue weighted by Gasteiger charge is -2.26. The molecule has 1 aromatic heterocycles. The first kappa shape index (κ1) is 13.2. The third-order valence-corrected chi connectivity index (χ3v) is 2.32. The summed E-state index contributed by atoms with van der Waals surface area (Å²) in [6.07, 6.45) is 0. The van der Waals surface area contributed by atoms with Crippen LogP contribution in [0.15, 0.2) is 6.07 Å². The van der Waals surface area contributed by atoms with Crippen molar-refractivity contribution in [3.63, 3.8) is 0 Å². The van der Waals surface area contributed by atoms with E-state index in [0.29, 0.717) is 11.6 Å². The van der Waals surface area contributed by atoms with Gasteiger partial charge in [0.25, 0.3) is 0 Å². The van der Waals surface area contributed by atoms with Crippen molar-refractivity contribution in [3.05, 3.63) is 11.9 Å². The maximum Gasteiger partial charge on any atom is 0.237 e. The van der Waals surface area contributed by atoms with Crippen molar-refractivity contribution in [2.45, 2.75) is 26.8 Å². The number of nitrogens with two attached hydrogens (primary N) is 1. The predicted octanol–water partition coefficient (Wildman–Crippen LogP) is 0.527. The Morgan fingerprint density at radius 2 is 2.18 bits per heavy atom. The number of hydrogen-bond acceptors (Lipinski definition) is 5. The van der Waals surface area contributed by atoms with E-state index >= 15 is 0 Å². The van der Waals surface area contributed by atoms with E-state index < -0.39 is 0 Å². The number of carbonyl (C=O) groups excluding carboxylic acids is 1. The van der Waals surface area contributed by atoms with E-state index in [1.54, 1.807) is 13.1 Å². The Kier molecular flexibility index (Phi) is 4.25. The van der Waals surface area contributed by atoms with Gasteiger partial charge in [-0.3, -0.25) is 4.79 Å². The topological polar surface area (TPSA) is 84.1 Å². The Bertz CT molecular complexity index is 405. The van der Waals surface area contributed by atoms with Crippen LogP contribution in [0.3, 0.4) is 0 Å². The van der Waals surface area contributed by atoms with Gasteiger partial charge >= 0.3 is 0 Å². The van der Waals surface area contributed by atoms with Crippen molar-refractivity contribution in [3.8, 4) is 0 Å². The van der Waals surface area contributed by atoms with Crippen LogP contribution in [0.5, 0.6) is 0 Å². The molecule has 0 aliphatic carbocycles. The Morgan fingerprint density at radius 1 is 1.53 bits per heavy atom. The lowest BCUT2D eigenvalue weighted by Crippen LogP contribution is -2.39. The monoisotopic (exact) mass is 237 g/mol. The zero-order valence-corrected chi connectivity index (χ0v) is 10.7. The van der Waals surface area contributed by atoms with Gasteiger partial charge in [0.15, 0.2) is 0 Å². The van der Waals surface area contributed by atoms with Crippen molar-refractivity contribution in [2.24, 2.45) is 5.73 Å². The highest BCUT2D eigenvalue weighted by molar-refractivity contribution is 5.79. The molecule has 0 bridgehead atoms. The van der Waals surface area contributed by atoms with Gasteiger partial charge in [0.2, 0.25) is 5.91 Å². The highest BCUT2D eigenvalue weighted by Crippen LogP contribution is 2.17. The van der Waals surface area contributed by atoms with Crippen molar-refractivity contribution in [1.82, 2.24) is 9.97 Å². The summed E-state index contributed by atoms with van der Waals surface area (Å²) in [6.45, 7) is 5.93. The Balaban J connectivity index is 3.08. The molecule has 0 unspecified atom stereocenters. The number of hydrogen-bond donors (Lipinski definition) is 2. The first-order chi connectivity index (χ1) is 7.93. The molecular formula is C11H19N5O. The van der Waals surface area contributed by atoms with Gasteiger partial charge in [0, 0.05) is 19.2 Å². The molecule has 0 fully saturated rings. The smallest absolute Gasteiger partial charge is 0.237 e. The van der Waals surface area contributed by atoms with E-state index in [4.69, 9.17) is 5.73 Å². The van der Waals surface area contributed by atoms with E-state index in [2.05, 4.69) is 15.3 Å². The van der Waals surface area contributed by atoms with Crippen LogP contribution in [0, 0.1) is 6.92 Å². The molecule has 0 aliphatic rings. The minimum Gasteiger partial charge on any atom is -0.373 e. The predicted molar refractivity (Wildman–Crippen MR) is 68.0 cm³/mol. The van der Waals surface area contributed by atoms with Gasteiger partial charge < -0.3 is 16.0 Å². The van der Waals surface area contributed by atoms with Crippen LogP contribution < -0.4 is 16.0 Å². The fourth-order valence-corrected chi connectivity index (χ4v) is 1.52. The number of nitrogens with one attached hydrogen (secondary N) is 1. The molecule has 17 heavy (non-hydrogen) atoms. The fraction of sp³-hybridized carbons (Fsp3) is 0.545. The Labute approximate surface area is 101 Å². The van der Waals surface area contributed by atoms with E-state index in [1.807, 2.05) is 25.7 Å². The summed E-state index contributed by atoms with van der Waals surface area (Å²) in [4.78, 5) is 21.4. The highest BCUT2D eigenvalue weighted by Gasteiger charge is 2.15. The average molecular weight is 237 g/mol. The fourth-order valence-electron chi connectivity index (χ4n) is 1.52. The minimum atomic E-state index is -0.374. The zero-order valence-electron chi connectivity index (χ0n) is 10.7. The molecule has 1 amide bonds. The summed E-state index contributed by atoms with van der Waals surface area (Å²) in [7, 11) is 1.79. The van der Waals surface area contributed by atoms with Gasteiger partial charge in [-0.15, -0.1) is 0 Å². The number of primary amides is 1. The lowest BCUT2D eigenvalue weighted by molar-refractivity contribution is -0.116. The first-order valence-corrected chi connectivity index (χ1v) is 5.52. The van der Waals surface area contributed by atoms with Gasteiger partial charge in [-0.05, 0) is 20.8 Å². The number of anilines is 2. The second-order valence-electron chi connectivity index (χ2n) is 4.10. The number of amides is 1. The normalized spacial score (nSPS) is 10.4. The standard InChI is InChI=1S/C11H19N5O/c1-7(2)16(6-9(12)17)11-5-10(13-4)14-8(3)15-11/h5,7H,6H2,1-4H3,(H2,12,17)(H,13,14,15). The molecule has 0 saturated heterocycles.